The Morgan fingerprint density at radius 1 is 1.06 bits per heavy atom. The number of hydrogen-bond acceptors (Lipinski definition) is 3. The van der Waals surface area contributed by atoms with Crippen molar-refractivity contribution in [1.82, 2.24) is 5.32 Å². The van der Waals surface area contributed by atoms with Crippen molar-refractivity contribution in [3.63, 3.8) is 0 Å². The van der Waals surface area contributed by atoms with Crippen molar-refractivity contribution in [3.8, 4) is 0 Å². The van der Waals surface area contributed by atoms with Gasteiger partial charge in [0, 0.05) is 13.2 Å². The summed E-state index contributed by atoms with van der Waals surface area (Å²) >= 11 is 0. The van der Waals surface area contributed by atoms with E-state index in [1.165, 1.54) is 38.5 Å². The van der Waals surface area contributed by atoms with Crippen LogP contribution < -0.4 is 5.32 Å². The Kier molecular flexibility index (Phi) is 12.9. The summed E-state index contributed by atoms with van der Waals surface area (Å²) in [6.45, 7) is 6.95. The first-order valence-corrected chi connectivity index (χ1v) is 6.77. The average molecular weight is 231 g/mol. The number of nitrogens with one attached hydrogen (secondary N) is 1. The molecular weight excluding hydrogens is 202 g/mol. The standard InChI is InChI=1S/C13H29NO2/c1-3-5-6-7-8-9-10-14-11-13(15)12-16-4-2/h13-15H,3-12H2,1-2H3. The summed E-state index contributed by atoms with van der Waals surface area (Å²) in [6, 6.07) is 0. The van der Waals surface area contributed by atoms with Crippen LogP contribution in [0.3, 0.4) is 0 Å². The van der Waals surface area contributed by atoms with Gasteiger partial charge < -0.3 is 15.2 Å². The van der Waals surface area contributed by atoms with Gasteiger partial charge in [0.05, 0.1) is 12.7 Å². The molecule has 0 aromatic carbocycles. The van der Waals surface area contributed by atoms with Crippen molar-refractivity contribution < 1.29 is 9.84 Å². The van der Waals surface area contributed by atoms with Crippen molar-refractivity contribution >= 4 is 0 Å². The molecule has 0 heterocycles. The summed E-state index contributed by atoms with van der Waals surface area (Å²) in [7, 11) is 0. The SMILES string of the molecule is CCCCCCCCNCC(O)COCC. The fraction of sp³-hybridized carbons (Fsp3) is 1.00. The van der Waals surface area contributed by atoms with Crippen LogP contribution in [0.15, 0.2) is 0 Å². The summed E-state index contributed by atoms with van der Waals surface area (Å²) < 4.78 is 5.13. The van der Waals surface area contributed by atoms with Crippen LogP contribution in [0.2, 0.25) is 0 Å². The number of rotatable bonds is 12. The lowest BCUT2D eigenvalue weighted by Gasteiger charge is -2.11. The van der Waals surface area contributed by atoms with Crippen LogP contribution in [0.5, 0.6) is 0 Å². The van der Waals surface area contributed by atoms with E-state index in [2.05, 4.69) is 12.2 Å². The highest BCUT2D eigenvalue weighted by molar-refractivity contribution is 4.58. The van der Waals surface area contributed by atoms with Crippen molar-refractivity contribution in [3.05, 3.63) is 0 Å². The molecule has 2 N–H and O–H groups in total. The zero-order valence-electron chi connectivity index (χ0n) is 11.0. The van der Waals surface area contributed by atoms with Gasteiger partial charge in [-0.3, -0.25) is 0 Å². The Morgan fingerprint density at radius 2 is 1.75 bits per heavy atom. The molecule has 0 saturated heterocycles. The van der Waals surface area contributed by atoms with Crippen molar-refractivity contribution in [1.29, 1.82) is 0 Å². The zero-order chi connectivity index (χ0) is 12.1. The number of hydrogen-bond donors (Lipinski definition) is 2. The van der Waals surface area contributed by atoms with Crippen LogP contribution in [0.1, 0.15) is 52.4 Å². The summed E-state index contributed by atoms with van der Waals surface area (Å²) in [5.41, 5.74) is 0. The monoisotopic (exact) mass is 231 g/mol. The Labute approximate surface area is 101 Å². The minimum absolute atomic E-state index is 0.361. The minimum Gasteiger partial charge on any atom is -0.389 e. The van der Waals surface area contributed by atoms with Crippen LogP contribution in [0.25, 0.3) is 0 Å². The summed E-state index contributed by atoms with van der Waals surface area (Å²) in [5.74, 6) is 0. The van der Waals surface area contributed by atoms with Gasteiger partial charge in [0.25, 0.3) is 0 Å². The number of aliphatic hydroxyl groups is 1. The lowest BCUT2D eigenvalue weighted by Crippen LogP contribution is -2.31. The molecule has 0 radical (unpaired) electrons. The van der Waals surface area contributed by atoms with Gasteiger partial charge in [-0.1, -0.05) is 39.0 Å². The quantitative estimate of drug-likeness (QED) is 0.507. The maximum Gasteiger partial charge on any atom is 0.0897 e. The highest BCUT2D eigenvalue weighted by Crippen LogP contribution is 2.03. The fourth-order valence-electron chi connectivity index (χ4n) is 1.61. The van der Waals surface area contributed by atoms with Crippen LogP contribution in [-0.2, 0) is 4.74 Å². The van der Waals surface area contributed by atoms with Gasteiger partial charge in [0.15, 0.2) is 0 Å². The van der Waals surface area contributed by atoms with E-state index >= 15 is 0 Å². The average Bonchev–Trinajstić information content (AvgIpc) is 2.30. The Balaban J connectivity index is 3.02. The second kappa shape index (κ2) is 12.9. The van der Waals surface area contributed by atoms with Gasteiger partial charge in [-0.2, -0.15) is 0 Å². The molecule has 1 unspecified atom stereocenters. The molecule has 0 aliphatic carbocycles. The van der Waals surface area contributed by atoms with E-state index in [4.69, 9.17) is 4.74 Å². The van der Waals surface area contributed by atoms with Gasteiger partial charge in [0.1, 0.15) is 0 Å². The molecule has 0 aliphatic heterocycles. The predicted octanol–water partition coefficient (Wildman–Crippen LogP) is 2.33. The molecule has 0 saturated carbocycles. The normalized spacial score (nSPS) is 12.9. The van der Waals surface area contributed by atoms with Crippen molar-refractivity contribution in [2.45, 2.75) is 58.5 Å². The number of unbranched alkanes of at least 4 members (excludes halogenated alkanes) is 5. The first-order chi connectivity index (χ1) is 7.81. The Hall–Kier alpha value is -0.120. The molecule has 0 amide bonds. The molecule has 0 aliphatic rings. The number of ether oxygens (including phenoxy) is 1. The van der Waals surface area contributed by atoms with E-state index in [-0.39, 0.29) is 6.10 Å². The molecule has 1 atom stereocenters. The lowest BCUT2D eigenvalue weighted by atomic mass is 10.1. The van der Waals surface area contributed by atoms with Gasteiger partial charge in [0.2, 0.25) is 0 Å². The summed E-state index contributed by atoms with van der Waals surface area (Å²) in [6.07, 6.45) is 7.53. The third kappa shape index (κ3) is 12.0. The van der Waals surface area contributed by atoms with Crippen molar-refractivity contribution in [2.24, 2.45) is 0 Å². The molecule has 0 rings (SSSR count). The highest BCUT2D eigenvalue weighted by Gasteiger charge is 2.01. The van der Waals surface area contributed by atoms with Crippen LogP contribution in [-0.4, -0.2) is 37.5 Å². The third-order valence-electron chi connectivity index (χ3n) is 2.60. The van der Waals surface area contributed by atoms with Crippen LogP contribution >= 0.6 is 0 Å². The molecule has 0 aromatic rings. The number of aliphatic hydroxyl groups excluding tert-OH is 1. The molecule has 0 aromatic heterocycles. The van der Waals surface area contributed by atoms with E-state index in [0.29, 0.717) is 19.8 Å². The molecule has 0 spiro atoms. The lowest BCUT2D eigenvalue weighted by molar-refractivity contribution is 0.0429. The summed E-state index contributed by atoms with van der Waals surface area (Å²) in [5, 5.41) is 12.7. The maximum absolute atomic E-state index is 9.47. The first kappa shape index (κ1) is 15.9. The zero-order valence-corrected chi connectivity index (χ0v) is 11.0. The predicted molar refractivity (Wildman–Crippen MR) is 68.7 cm³/mol. The molecule has 0 bridgehead atoms. The first-order valence-electron chi connectivity index (χ1n) is 6.77. The second-order valence-corrected chi connectivity index (χ2v) is 4.29. The molecule has 0 fully saturated rings. The maximum atomic E-state index is 9.47. The fourth-order valence-corrected chi connectivity index (χ4v) is 1.61. The third-order valence-corrected chi connectivity index (χ3v) is 2.60. The van der Waals surface area contributed by atoms with Gasteiger partial charge in [-0.25, -0.2) is 0 Å². The van der Waals surface area contributed by atoms with Crippen molar-refractivity contribution in [2.75, 3.05) is 26.3 Å². The van der Waals surface area contributed by atoms with E-state index in [1.54, 1.807) is 0 Å². The van der Waals surface area contributed by atoms with E-state index in [0.717, 1.165) is 6.54 Å². The second-order valence-electron chi connectivity index (χ2n) is 4.29. The molecular formula is C13H29NO2. The van der Waals surface area contributed by atoms with Crippen LogP contribution in [0, 0.1) is 0 Å². The van der Waals surface area contributed by atoms with Crippen LogP contribution in [0.4, 0.5) is 0 Å². The molecule has 3 heteroatoms. The van der Waals surface area contributed by atoms with Gasteiger partial charge in [-0.15, -0.1) is 0 Å². The Morgan fingerprint density at radius 3 is 2.44 bits per heavy atom. The van der Waals surface area contributed by atoms with E-state index < -0.39 is 0 Å². The smallest absolute Gasteiger partial charge is 0.0897 e. The highest BCUT2D eigenvalue weighted by atomic mass is 16.5. The van der Waals surface area contributed by atoms with E-state index in [1.807, 2.05) is 6.92 Å². The van der Waals surface area contributed by atoms with Gasteiger partial charge in [-0.05, 0) is 19.9 Å². The minimum atomic E-state index is -0.361. The van der Waals surface area contributed by atoms with E-state index in [9.17, 15) is 5.11 Å². The molecule has 16 heavy (non-hydrogen) atoms. The topological polar surface area (TPSA) is 41.5 Å². The molecule has 3 nitrogen and oxygen atoms in total. The molecule has 98 valence electrons. The largest absolute Gasteiger partial charge is 0.389 e. The summed E-state index contributed by atoms with van der Waals surface area (Å²) in [4.78, 5) is 0. The van der Waals surface area contributed by atoms with Gasteiger partial charge >= 0.3 is 0 Å². The Bertz CT molecular complexity index is 131.